The van der Waals surface area contributed by atoms with Crippen LogP contribution in [0.3, 0.4) is 0 Å². The summed E-state index contributed by atoms with van der Waals surface area (Å²) in [6.45, 7) is 3.04. The van der Waals surface area contributed by atoms with Gasteiger partial charge in [-0.25, -0.2) is 4.79 Å². The van der Waals surface area contributed by atoms with Gasteiger partial charge in [0.25, 0.3) is 0 Å². The van der Waals surface area contributed by atoms with Gasteiger partial charge in [-0.1, -0.05) is 23.8 Å². The molecule has 0 saturated carbocycles. The first kappa shape index (κ1) is 10.3. The number of hydrogen-bond acceptors (Lipinski definition) is 2. The lowest BCUT2D eigenvalue weighted by molar-refractivity contribution is 0.164. The fourth-order valence-electron chi connectivity index (χ4n) is 1.58. The van der Waals surface area contributed by atoms with Gasteiger partial charge in [-0.15, -0.1) is 0 Å². The van der Waals surface area contributed by atoms with Gasteiger partial charge < -0.3 is 4.74 Å². The van der Waals surface area contributed by atoms with Gasteiger partial charge in [0.15, 0.2) is 0 Å². The summed E-state index contributed by atoms with van der Waals surface area (Å²) >= 11 is 6.00. The van der Waals surface area contributed by atoms with Gasteiger partial charge in [0.1, 0.15) is 6.61 Å². The smallest absolute Gasteiger partial charge is 0.414 e. The van der Waals surface area contributed by atoms with Crippen molar-refractivity contribution in [3.05, 3.63) is 34.5 Å². The maximum Gasteiger partial charge on any atom is 0.414 e. The minimum Gasteiger partial charge on any atom is -0.447 e. The highest BCUT2D eigenvalue weighted by Crippen LogP contribution is 2.24. The van der Waals surface area contributed by atoms with E-state index in [2.05, 4.69) is 0 Å². The molecule has 0 spiro atoms. The molecule has 0 atom stereocenters. The van der Waals surface area contributed by atoms with Crippen molar-refractivity contribution in [1.29, 1.82) is 0 Å². The maximum absolute atomic E-state index is 11.3. The van der Waals surface area contributed by atoms with Crippen LogP contribution in [0.5, 0.6) is 0 Å². The lowest BCUT2D eigenvalue weighted by Crippen LogP contribution is -2.23. The topological polar surface area (TPSA) is 29.5 Å². The van der Waals surface area contributed by atoms with Gasteiger partial charge in [-0.2, -0.15) is 0 Å². The van der Waals surface area contributed by atoms with Crippen LogP contribution in [0, 0.1) is 0 Å². The zero-order valence-corrected chi connectivity index (χ0v) is 9.25. The van der Waals surface area contributed by atoms with Crippen LogP contribution < -0.4 is 0 Å². The van der Waals surface area contributed by atoms with Crippen molar-refractivity contribution in [2.75, 3.05) is 13.2 Å². The molecule has 0 N–H and O–H groups in total. The molecule has 0 unspecified atom stereocenters. The molecule has 0 aromatic rings. The lowest BCUT2D eigenvalue weighted by atomic mass is 10.2. The number of hydrogen-bond donors (Lipinski definition) is 0. The van der Waals surface area contributed by atoms with Crippen LogP contribution in [-0.2, 0) is 4.74 Å². The van der Waals surface area contributed by atoms with E-state index in [-0.39, 0.29) is 6.09 Å². The second kappa shape index (κ2) is 4.11. The minimum absolute atomic E-state index is 0.265. The van der Waals surface area contributed by atoms with E-state index in [1.165, 1.54) is 0 Å². The number of nitrogens with zero attached hydrogens (tertiary/aromatic N) is 1. The Hall–Kier alpha value is -1.22. The molecule has 1 aliphatic heterocycles. The molecule has 0 bridgehead atoms. The molecule has 1 saturated heterocycles. The van der Waals surface area contributed by atoms with Crippen molar-refractivity contribution in [2.45, 2.75) is 13.3 Å². The molecule has 0 aromatic carbocycles. The van der Waals surface area contributed by atoms with E-state index in [1.54, 1.807) is 4.90 Å². The number of carbonyl (C=O) groups excluding carboxylic acids is 1. The van der Waals surface area contributed by atoms with Crippen molar-refractivity contribution >= 4 is 17.7 Å². The molecule has 2 rings (SSSR count). The Balaban J connectivity index is 2.21. The molecule has 15 heavy (non-hydrogen) atoms. The fourth-order valence-corrected chi connectivity index (χ4v) is 1.72. The average molecular weight is 226 g/mol. The van der Waals surface area contributed by atoms with Crippen LogP contribution in [0.1, 0.15) is 13.3 Å². The number of ether oxygens (including phenoxy) is 1. The molecule has 1 aliphatic carbocycles. The van der Waals surface area contributed by atoms with E-state index >= 15 is 0 Å². The number of cyclic esters (lactones) is 1. The summed E-state index contributed by atoms with van der Waals surface area (Å²) in [7, 11) is 0. The van der Waals surface area contributed by atoms with Crippen molar-refractivity contribution in [3.63, 3.8) is 0 Å². The second-order valence-electron chi connectivity index (χ2n) is 3.53. The summed E-state index contributed by atoms with van der Waals surface area (Å²) < 4.78 is 4.88. The predicted octanol–water partition coefficient (Wildman–Crippen LogP) is 2.80. The Morgan fingerprint density at radius 2 is 2.27 bits per heavy atom. The summed E-state index contributed by atoms with van der Waals surface area (Å²) in [6.07, 6.45) is 6.17. The number of carbonyl (C=O) groups is 1. The largest absolute Gasteiger partial charge is 0.447 e. The Kier molecular flexibility index (Phi) is 2.82. The standard InChI is InChI=1S/C11H12ClNO2/c1-8-2-3-9(4-5-10(8)12)13-6-7-15-11(13)14/h2-3,5H,4,6-7H2,1H3. The molecule has 2 aliphatic rings. The van der Waals surface area contributed by atoms with Crippen LogP contribution in [-0.4, -0.2) is 24.1 Å². The highest BCUT2D eigenvalue weighted by Gasteiger charge is 2.25. The molecule has 3 nitrogen and oxygen atoms in total. The predicted molar refractivity (Wildman–Crippen MR) is 58.4 cm³/mol. The summed E-state index contributed by atoms with van der Waals surface area (Å²) in [5.41, 5.74) is 1.95. The zero-order valence-electron chi connectivity index (χ0n) is 8.50. The van der Waals surface area contributed by atoms with Gasteiger partial charge in [0.05, 0.1) is 6.54 Å². The first-order valence-electron chi connectivity index (χ1n) is 4.86. The molecule has 4 heteroatoms. The summed E-state index contributed by atoms with van der Waals surface area (Å²) in [4.78, 5) is 13.0. The van der Waals surface area contributed by atoms with Crippen LogP contribution in [0.4, 0.5) is 4.79 Å². The van der Waals surface area contributed by atoms with Crippen LogP contribution in [0.2, 0.25) is 0 Å². The van der Waals surface area contributed by atoms with Gasteiger partial charge in [-0.05, 0) is 18.6 Å². The summed E-state index contributed by atoms with van der Waals surface area (Å²) in [5.74, 6) is 0. The zero-order chi connectivity index (χ0) is 10.8. The molecular weight excluding hydrogens is 214 g/mol. The Morgan fingerprint density at radius 3 is 2.93 bits per heavy atom. The third-order valence-corrected chi connectivity index (χ3v) is 2.95. The van der Waals surface area contributed by atoms with Crippen LogP contribution in [0.15, 0.2) is 34.5 Å². The molecule has 0 radical (unpaired) electrons. The molecular formula is C11H12ClNO2. The molecule has 1 heterocycles. The van der Waals surface area contributed by atoms with E-state index in [9.17, 15) is 4.79 Å². The molecule has 80 valence electrons. The fraction of sp³-hybridized carbons (Fsp3) is 0.364. The molecule has 1 amide bonds. The van der Waals surface area contributed by atoms with Gasteiger partial charge in [-0.3, -0.25) is 4.90 Å². The number of rotatable bonds is 1. The Labute approximate surface area is 93.6 Å². The molecule has 1 fully saturated rings. The second-order valence-corrected chi connectivity index (χ2v) is 3.94. The highest BCUT2D eigenvalue weighted by molar-refractivity contribution is 6.32. The minimum atomic E-state index is -0.265. The first-order chi connectivity index (χ1) is 7.18. The summed E-state index contributed by atoms with van der Waals surface area (Å²) in [6, 6.07) is 0. The monoisotopic (exact) mass is 225 g/mol. The quantitative estimate of drug-likeness (QED) is 0.687. The number of halogens is 1. The van der Waals surface area contributed by atoms with Crippen LogP contribution >= 0.6 is 11.6 Å². The molecule has 0 aromatic heterocycles. The van der Waals surface area contributed by atoms with Crippen molar-refractivity contribution in [1.82, 2.24) is 4.90 Å². The Bertz CT molecular complexity index is 382. The van der Waals surface area contributed by atoms with Gasteiger partial charge in [0.2, 0.25) is 0 Å². The highest BCUT2D eigenvalue weighted by atomic mass is 35.5. The van der Waals surface area contributed by atoms with Gasteiger partial charge >= 0.3 is 6.09 Å². The normalized spacial score (nSPS) is 21.6. The third-order valence-electron chi connectivity index (χ3n) is 2.50. The van der Waals surface area contributed by atoms with Crippen LogP contribution in [0.25, 0.3) is 0 Å². The number of amides is 1. The Morgan fingerprint density at radius 1 is 1.47 bits per heavy atom. The van der Waals surface area contributed by atoms with Crippen molar-refractivity contribution in [2.24, 2.45) is 0 Å². The SMILES string of the molecule is CC1=CC=C(N2CCOC2=O)CC=C1Cl. The van der Waals surface area contributed by atoms with E-state index in [1.807, 2.05) is 25.2 Å². The van der Waals surface area contributed by atoms with Crippen molar-refractivity contribution < 1.29 is 9.53 Å². The van der Waals surface area contributed by atoms with E-state index in [0.717, 1.165) is 16.3 Å². The third kappa shape index (κ3) is 2.07. The van der Waals surface area contributed by atoms with Gasteiger partial charge in [0, 0.05) is 17.2 Å². The summed E-state index contributed by atoms with van der Waals surface area (Å²) in [5, 5.41) is 0.744. The van der Waals surface area contributed by atoms with Crippen molar-refractivity contribution in [3.8, 4) is 0 Å². The first-order valence-corrected chi connectivity index (χ1v) is 5.24. The van der Waals surface area contributed by atoms with E-state index in [0.29, 0.717) is 19.6 Å². The van der Waals surface area contributed by atoms with E-state index < -0.39 is 0 Å². The van der Waals surface area contributed by atoms with E-state index in [4.69, 9.17) is 16.3 Å². The maximum atomic E-state index is 11.3. The lowest BCUT2D eigenvalue weighted by Gasteiger charge is -2.14. The number of allylic oxidation sites excluding steroid dienone is 5. The average Bonchev–Trinajstić information content (AvgIpc) is 2.57.